The number of alkyl halides is 3. The highest BCUT2D eigenvalue weighted by Crippen LogP contribution is 2.40. The zero-order valence-corrected chi connectivity index (χ0v) is 10.8. The third-order valence-electron chi connectivity index (χ3n) is 2.33. The highest BCUT2D eigenvalue weighted by atomic mass is 35.5. The molecule has 0 radical (unpaired) electrons. The normalized spacial score (nSPS) is 11.9. The predicted molar refractivity (Wildman–Crippen MR) is 65.4 cm³/mol. The van der Waals surface area contributed by atoms with Crippen molar-refractivity contribution in [1.82, 2.24) is 4.98 Å². The molecule has 0 aliphatic carbocycles. The van der Waals surface area contributed by atoms with Gasteiger partial charge in [-0.15, -0.1) is 11.3 Å². The van der Waals surface area contributed by atoms with Gasteiger partial charge in [-0.25, -0.2) is 9.37 Å². The smallest absolute Gasteiger partial charge is 0.326 e. The maximum Gasteiger partial charge on any atom is 0.434 e. The molecule has 0 aliphatic heterocycles. The summed E-state index contributed by atoms with van der Waals surface area (Å²) in [7, 11) is 0. The van der Waals surface area contributed by atoms with E-state index in [1.807, 2.05) is 0 Å². The summed E-state index contributed by atoms with van der Waals surface area (Å²) in [6, 6.07) is 3.86. The Labute approximate surface area is 114 Å². The molecule has 8 heteroatoms. The Morgan fingerprint density at radius 3 is 2.47 bits per heavy atom. The summed E-state index contributed by atoms with van der Waals surface area (Å²) in [5, 5.41) is -0.123. The predicted octanol–water partition coefficient (Wildman–Crippen LogP) is 4.08. The lowest BCUT2D eigenvalue weighted by Gasteiger charge is -2.04. The van der Waals surface area contributed by atoms with Gasteiger partial charge in [-0.3, -0.25) is 0 Å². The molecule has 0 unspecified atom stereocenters. The Balaban J connectivity index is 2.62. The van der Waals surface area contributed by atoms with Crippen molar-refractivity contribution in [3.05, 3.63) is 39.6 Å². The zero-order valence-electron chi connectivity index (χ0n) is 9.26. The number of rotatable bonds is 2. The van der Waals surface area contributed by atoms with Crippen molar-refractivity contribution in [2.45, 2.75) is 12.7 Å². The molecule has 0 spiro atoms. The molecule has 0 aliphatic rings. The molecular weight excluding hydrogens is 304 g/mol. The minimum atomic E-state index is -4.62. The van der Waals surface area contributed by atoms with Crippen molar-refractivity contribution < 1.29 is 17.6 Å². The average molecular weight is 311 g/mol. The lowest BCUT2D eigenvalue weighted by Crippen LogP contribution is -2.10. The third-order valence-corrected chi connectivity index (χ3v) is 3.74. The minimum absolute atomic E-state index is 0.00560. The molecule has 0 saturated heterocycles. The number of nitrogens with two attached hydrogens (primary N) is 1. The molecule has 0 atom stereocenters. The molecule has 19 heavy (non-hydrogen) atoms. The van der Waals surface area contributed by atoms with Crippen molar-refractivity contribution in [2.75, 3.05) is 0 Å². The van der Waals surface area contributed by atoms with Crippen LogP contribution < -0.4 is 5.73 Å². The first-order valence-corrected chi connectivity index (χ1v) is 6.25. The second-order valence-electron chi connectivity index (χ2n) is 3.59. The van der Waals surface area contributed by atoms with Crippen LogP contribution in [0.5, 0.6) is 0 Å². The van der Waals surface area contributed by atoms with Crippen molar-refractivity contribution in [3.8, 4) is 10.6 Å². The highest BCUT2D eigenvalue weighted by Gasteiger charge is 2.37. The quantitative estimate of drug-likeness (QED) is 0.849. The summed E-state index contributed by atoms with van der Waals surface area (Å²) in [4.78, 5) is 3.28. The minimum Gasteiger partial charge on any atom is -0.326 e. The molecule has 1 aromatic carbocycles. The number of hydrogen-bond acceptors (Lipinski definition) is 3. The number of hydrogen-bond donors (Lipinski definition) is 1. The van der Waals surface area contributed by atoms with Crippen LogP contribution in [0.15, 0.2) is 18.2 Å². The van der Waals surface area contributed by atoms with Crippen LogP contribution in [-0.2, 0) is 12.7 Å². The van der Waals surface area contributed by atoms with Gasteiger partial charge in [-0.05, 0) is 12.1 Å². The lowest BCUT2D eigenvalue weighted by atomic mass is 10.2. The first-order valence-electron chi connectivity index (χ1n) is 5.06. The van der Waals surface area contributed by atoms with Crippen molar-refractivity contribution >= 4 is 22.9 Å². The van der Waals surface area contributed by atoms with Crippen LogP contribution in [0.3, 0.4) is 0 Å². The highest BCUT2D eigenvalue weighted by molar-refractivity contribution is 7.15. The van der Waals surface area contributed by atoms with Gasteiger partial charge >= 0.3 is 6.18 Å². The molecule has 2 nitrogen and oxygen atoms in total. The van der Waals surface area contributed by atoms with Gasteiger partial charge in [0.05, 0.1) is 15.5 Å². The molecule has 2 aromatic rings. The standard InChI is InChI=1S/C11H7ClF4N2S/c12-5-2-1-3-6(13)8(5)10-18-9(11(14,15)16)7(4-17)19-10/h1-3H,4,17H2. The van der Waals surface area contributed by atoms with Gasteiger partial charge in [0.2, 0.25) is 0 Å². The topological polar surface area (TPSA) is 38.9 Å². The number of benzene rings is 1. The summed E-state index contributed by atoms with van der Waals surface area (Å²) >= 11 is 6.48. The fourth-order valence-corrected chi connectivity index (χ4v) is 2.85. The summed E-state index contributed by atoms with van der Waals surface area (Å²) in [5.41, 5.74) is 4.03. The van der Waals surface area contributed by atoms with Gasteiger partial charge in [-0.2, -0.15) is 13.2 Å². The van der Waals surface area contributed by atoms with Gasteiger partial charge in [0.15, 0.2) is 5.69 Å². The summed E-state index contributed by atoms with van der Waals surface area (Å²) in [6.45, 7) is -0.321. The number of thiazole rings is 1. The Morgan fingerprint density at radius 2 is 2.00 bits per heavy atom. The van der Waals surface area contributed by atoms with Gasteiger partial charge in [0.1, 0.15) is 10.8 Å². The lowest BCUT2D eigenvalue weighted by molar-refractivity contribution is -0.141. The van der Waals surface area contributed by atoms with Crippen LogP contribution in [0.4, 0.5) is 17.6 Å². The molecule has 0 saturated carbocycles. The van der Waals surface area contributed by atoms with Crippen LogP contribution in [0.25, 0.3) is 10.6 Å². The van der Waals surface area contributed by atoms with E-state index in [9.17, 15) is 17.6 Å². The molecule has 1 aromatic heterocycles. The van der Waals surface area contributed by atoms with E-state index in [4.69, 9.17) is 17.3 Å². The summed E-state index contributed by atoms with van der Waals surface area (Å²) in [6.07, 6.45) is -4.62. The maximum absolute atomic E-state index is 13.6. The molecule has 102 valence electrons. The van der Waals surface area contributed by atoms with E-state index in [1.165, 1.54) is 12.1 Å². The Morgan fingerprint density at radius 1 is 1.32 bits per heavy atom. The van der Waals surface area contributed by atoms with E-state index in [0.29, 0.717) is 11.3 Å². The van der Waals surface area contributed by atoms with E-state index < -0.39 is 17.7 Å². The number of halogens is 5. The molecule has 0 amide bonds. The second-order valence-corrected chi connectivity index (χ2v) is 5.08. The van der Waals surface area contributed by atoms with Gasteiger partial charge < -0.3 is 5.73 Å². The first-order chi connectivity index (χ1) is 8.84. The van der Waals surface area contributed by atoms with Crippen LogP contribution in [0, 0.1) is 5.82 Å². The van der Waals surface area contributed by atoms with Crippen molar-refractivity contribution in [1.29, 1.82) is 0 Å². The molecular formula is C11H7ClF4N2S. The third kappa shape index (κ3) is 2.72. The van der Waals surface area contributed by atoms with Crippen LogP contribution in [0.2, 0.25) is 5.02 Å². The zero-order chi connectivity index (χ0) is 14.2. The molecule has 2 N–H and O–H groups in total. The fraction of sp³-hybridized carbons (Fsp3) is 0.182. The number of nitrogens with zero attached hydrogens (tertiary/aromatic N) is 1. The Kier molecular flexibility index (Phi) is 3.80. The van der Waals surface area contributed by atoms with Gasteiger partial charge in [0, 0.05) is 6.54 Å². The van der Waals surface area contributed by atoms with Crippen LogP contribution in [-0.4, -0.2) is 4.98 Å². The molecule has 1 heterocycles. The Bertz CT molecular complexity index is 589. The molecule has 0 fully saturated rings. The fourth-order valence-electron chi connectivity index (χ4n) is 1.52. The monoisotopic (exact) mass is 310 g/mol. The maximum atomic E-state index is 13.6. The SMILES string of the molecule is NCc1sc(-c2c(F)cccc2Cl)nc1C(F)(F)F. The van der Waals surface area contributed by atoms with Crippen molar-refractivity contribution in [2.24, 2.45) is 5.73 Å². The van der Waals surface area contributed by atoms with Gasteiger partial charge in [-0.1, -0.05) is 17.7 Å². The number of aromatic nitrogens is 1. The van der Waals surface area contributed by atoms with E-state index >= 15 is 0 Å². The van der Waals surface area contributed by atoms with E-state index in [-0.39, 0.29) is 27.0 Å². The molecule has 2 rings (SSSR count). The van der Waals surface area contributed by atoms with Crippen molar-refractivity contribution in [3.63, 3.8) is 0 Å². The van der Waals surface area contributed by atoms with E-state index in [2.05, 4.69) is 4.98 Å². The van der Waals surface area contributed by atoms with Crippen LogP contribution >= 0.6 is 22.9 Å². The largest absolute Gasteiger partial charge is 0.434 e. The second kappa shape index (κ2) is 5.07. The summed E-state index contributed by atoms with van der Waals surface area (Å²) < 4.78 is 51.8. The van der Waals surface area contributed by atoms with Gasteiger partial charge in [0.25, 0.3) is 0 Å². The van der Waals surface area contributed by atoms with E-state index in [1.54, 1.807) is 0 Å². The van der Waals surface area contributed by atoms with Crippen LogP contribution in [0.1, 0.15) is 10.6 Å². The average Bonchev–Trinajstić information content (AvgIpc) is 2.72. The molecule has 0 bridgehead atoms. The first kappa shape index (κ1) is 14.2. The van der Waals surface area contributed by atoms with E-state index in [0.717, 1.165) is 6.07 Å². The summed E-state index contributed by atoms with van der Waals surface area (Å²) in [5.74, 6) is -0.724. The Hall–Kier alpha value is -1.18.